The lowest BCUT2D eigenvalue weighted by Gasteiger charge is -1.94. The second kappa shape index (κ2) is 4.60. The minimum atomic E-state index is -0.0114. The molecule has 0 unspecified atom stereocenters. The molecule has 2 heterocycles. The maximum absolute atomic E-state index is 12.7. The molecule has 4 rings (SSSR count). The number of carbonyl (C=O) groups excluding carboxylic acids is 1. The van der Waals surface area contributed by atoms with E-state index in [4.69, 9.17) is 0 Å². The average Bonchev–Trinajstić information content (AvgIpc) is 3.08. The van der Waals surface area contributed by atoms with Crippen LogP contribution in [0.4, 0.5) is 0 Å². The van der Waals surface area contributed by atoms with E-state index in [0.717, 1.165) is 21.8 Å². The lowest BCUT2D eigenvalue weighted by molar-refractivity contribution is 0.103. The fraction of sp³-hybridized carbons (Fsp3) is 0.105. The molecule has 0 aliphatic carbocycles. The molecule has 0 bridgehead atoms. The van der Waals surface area contributed by atoms with Crippen molar-refractivity contribution in [3.8, 4) is 0 Å². The van der Waals surface area contributed by atoms with Gasteiger partial charge in [-0.3, -0.25) is 4.79 Å². The maximum Gasteiger partial charge on any atom is 0.225 e. The SMILES string of the molecule is Cc1ccc2cc(C(=O)c3cc4ccc(C)cc4[nH]3)[nH]c2c1. The van der Waals surface area contributed by atoms with Crippen LogP contribution in [-0.2, 0) is 0 Å². The number of aryl methyl sites for hydroxylation is 2. The number of nitrogens with one attached hydrogen (secondary N) is 2. The number of aromatic amines is 2. The normalized spacial score (nSPS) is 11.4. The van der Waals surface area contributed by atoms with E-state index in [1.54, 1.807) is 0 Å². The Balaban J connectivity index is 1.80. The highest BCUT2D eigenvalue weighted by molar-refractivity contribution is 6.11. The maximum atomic E-state index is 12.7. The molecule has 0 saturated carbocycles. The van der Waals surface area contributed by atoms with Crippen LogP contribution in [0.1, 0.15) is 27.3 Å². The highest BCUT2D eigenvalue weighted by Crippen LogP contribution is 2.22. The first-order chi connectivity index (χ1) is 10.6. The molecule has 22 heavy (non-hydrogen) atoms. The molecule has 2 N–H and O–H groups in total. The molecule has 2 aromatic heterocycles. The van der Waals surface area contributed by atoms with E-state index in [9.17, 15) is 4.79 Å². The Kier molecular flexibility index (Phi) is 2.70. The predicted octanol–water partition coefficient (Wildman–Crippen LogP) is 4.50. The van der Waals surface area contributed by atoms with Crippen molar-refractivity contribution < 1.29 is 4.79 Å². The van der Waals surface area contributed by atoms with Crippen molar-refractivity contribution in [3.05, 3.63) is 71.0 Å². The summed E-state index contributed by atoms with van der Waals surface area (Å²) in [6.07, 6.45) is 0. The molecular weight excluding hydrogens is 272 g/mol. The summed E-state index contributed by atoms with van der Waals surface area (Å²) in [7, 11) is 0. The van der Waals surface area contributed by atoms with E-state index in [0.29, 0.717) is 11.4 Å². The van der Waals surface area contributed by atoms with Crippen molar-refractivity contribution in [2.45, 2.75) is 13.8 Å². The first kappa shape index (κ1) is 12.9. The number of hydrogen-bond donors (Lipinski definition) is 2. The number of hydrogen-bond acceptors (Lipinski definition) is 1. The van der Waals surface area contributed by atoms with Crippen molar-refractivity contribution in [2.75, 3.05) is 0 Å². The minimum Gasteiger partial charge on any atom is -0.352 e. The molecule has 0 aliphatic heterocycles. The van der Waals surface area contributed by atoms with Gasteiger partial charge in [-0.2, -0.15) is 0 Å². The summed E-state index contributed by atoms with van der Waals surface area (Å²) in [5.74, 6) is -0.0114. The number of fused-ring (bicyclic) bond motifs is 2. The second-order valence-corrected chi connectivity index (χ2v) is 5.88. The Morgan fingerprint density at radius 1 is 0.727 bits per heavy atom. The number of aromatic nitrogens is 2. The molecule has 0 amide bonds. The lowest BCUT2D eigenvalue weighted by atomic mass is 10.1. The Morgan fingerprint density at radius 2 is 1.18 bits per heavy atom. The fourth-order valence-corrected chi connectivity index (χ4v) is 2.87. The van der Waals surface area contributed by atoms with Crippen LogP contribution in [0.25, 0.3) is 21.8 Å². The van der Waals surface area contributed by atoms with Gasteiger partial charge in [0.1, 0.15) is 0 Å². The second-order valence-electron chi connectivity index (χ2n) is 5.88. The fourth-order valence-electron chi connectivity index (χ4n) is 2.87. The Labute approximate surface area is 128 Å². The molecule has 0 atom stereocenters. The van der Waals surface area contributed by atoms with E-state index >= 15 is 0 Å². The van der Waals surface area contributed by atoms with Gasteiger partial charge in [-0.05, 0) is 49.2 Å². The third-order valence-corrected chi connectivity index (χ3v) is 4.05. The molecule has 0 fully saturated rings. The van der Waals surface area contributed by atoms with Gasteiger partial charge in [0.05, 0.1) is 11.4 Å². The number of benzene rings is 2. The van der Waals surface area contributed by atoms with Crippen LogP contribution < -0.4 is 0 Å². The Morgan fingerprint density at radius 3 is 1.64 bits per heavy atom. The average molecular weight is 288 g/mol. The van der Waals surface area contributed by atoms with Crippen LogP contribution in [-0.4, -0.2) is 15.8 Å². The summed E-state index contributed by atoms with van der Waals surface area (Å²) in [4.78, 5) is 19.1. The summed E-state index contributed by atoms with van der Waals surface area (Å²) >= 11 is 0. The summed E-state index contributed by atoms with van der Waals surface area (Å²) in [6.45, 7) is 4.09. The van der Waals surface area contributed by atoms with E-state index in [-0.39, 0.29) is 5.78 Å². The molecule has 0 spiro atoms. The zero-order chi connectivity index (χ0) is 15.3. The first-order valence-electron chi connectivity index (χ1n) is 7.33. The topological polar surface area (TPSA) is 48.6 Å². The van der Waals surface area contributed by atoms with E-state index in [2.05, 4.69) is 34.2 Å². The molecule has 4 aromatic rings. The van der Waals surface area contributed by atoms with Crippen LogP contribution in [0.2, 0.25) is 0 Å². The molecule has 0 aliphatic rings. The van der Waals surface area contributed by atoms with Gasteiger partial charge in [0.15, 0.2) is 0 Å². The number of carbonyl (C=O) groups is 1. The molecule has 2 aromatic carbocycles. The molecule has 0 radical (unpaired) electrons. The number of rotatable bonds is 2. The lowest BCUT2D eigenvalue weighted by Crippen LogP contribution is -2.01. The quantitative estimate of drug-likeness (QED) is 0.524. The van der Waals surface area contributed by atoms with E-state index in [1.807, 2.05) is 38.1 Å². The molecular formula is C19H16N2O. The molecule has 3 nitrogen and oxygen atoms in total. The zero-order valence-corrected chi connectivity index (χ0v) is 12.5. The van der Waals surface area contributed by atoms with E-state index in [1.165, 1.54) is 11.1 Å². The summed E-state index contributed by atoms with van der Waals surface area (Å²) in [6, 6.07) is 16.1. The van der Waals surface area contributed by atoms with Gasteiger partial charge in [-0.1, -0.05) is 24.3 Å². The number of H-pyrrole nitrogens is 2. The largest absolute Gasteiger partial charge is 0.352 e. The molecule has 108 valence electrons. The van der Waals surface area contributed by atoms with Crippen LogP contribution in [0.15, 0.2) is 48.5 Å². The van der Waals surface area contributed by atoms with Crippen LogP contribution in [0.5, 0.6) is 0 Å². The first-order valence-corrected chi connectivity index (χ1v) is 7.33. The predicted molar refractivity (Wildman–Crippen MR) is 89.5 cm³/mol. The van der Waals surface area contributed by atoms with Gasteiger partial charge in [0.2, 0.25) is 5.78 Å². The Bertz CT molecular complexity index is 938. The Hall–Kier alpha value is -2.81. The number of ketones is 1. The van der Waals surface area contributed by atoms with Gasteiger partial charge >= 0.3 is 0 Å². The van der Waals surface area contributed by atoms with Gasteiger partial charge < -0.3 is 9.97 Å². The highest BCUT2D eigenvalue weighted by atomic mass is 16.1. The minimum absolute atomic E-state index is 0.0114. The van der Waals surface area contributed by atoms with Crippen molar-refractivity contribution in [1.29, 1.82) is 0 Å². The van der Waals surface area contributed by atoms with E-state index < -0.39 is 0 Å². The van der Waals surface area contributed by atoms with Crippen LogP contribution in [0, 0.1) is 13.8 Å². The third-order valence-electron chi connectivity index (χ3n) is 4.05. The summed E-state index contributed by atoms with van der Waals surface area (Å²) < 4.78 is 0. The van der Waals surface area contributed by atoms with Gasteiger partial charge in [-0.25, -0.2) is 0 Å². The zero-order valence-electron chi connectivity index (χ0n) is 12.5. The van der Waals surface area contributed by atoms with Gasteiger partial charge in [0, 0.05) is 21.8 Å². The summed E-state index contributed by atoms with van der Waals surface area (Å²) in [5.41, 5.74) is 5.57. The standard InChI is InChI=1S/C19H16N2O/c1-11-3-5-13-9-17(20-15(13)7-11)19(22)18-10-14-6-4-12(2)8-16(14)21-18/h3-10,20-21H,1-2H3. The third kappa shape index (κ3) is 2.02. The van der Waals surface area contributed by atoms with Crippen molar-refractivity contribution >= 4 is 27.6 Å². The highest BCUT2D eigenvalue weighted by Gasteiger charge is 2.14. The van der Waals surface area contributed by atoms with Gasteiger partial charge in [-0.15, -0.1) is 0 Å². The van der Waals surface area contributed by atoms with Crippen molar-refractivity contribution in [2.24, 2.45) is 0 Å². The van der Waals surface area contributed by atoms with Crippen LogP contribution >= 0.6 is 0 Å². The van der Waals surface area contributed by atoms with Crippen molar-refractivity contribution in [1.82, 2.24) is 9.97 Å². The van der Waals surface area contributed by atoms with Crippen molar-refractivity contribution in [3.63, 3.8) is 0 Å². The molecule has 0 saturated heterocycles. The molecule has 3 heteroatoms. The monoisotopic (exact) mass is 288 g/mol. The smallest absolute Gasteiger partial charge is 0.225 e. The van der Waals surface area contributed by atoms with Gasteiger partial charge in [0.25, 0.3) is 0 Å². The summed E-state index contributed by atoms with van der Waals surface area (Å²) in [5, 5.41) is 2.11. The van der Waals surface area contributed by atoms with Crippen LogP contribution in [0.3, 0.4) is 0 Å².